The molecule has 0 unspecified atom stereocenters. The summed E-state index contributed by atoms with van der Waals surface area (Å²) in [6.07, 6.45) is 1.59. The third-order valence-corrected chi connectivity index (χ3v) is 6.34. The molecule has 0 saturated carbocycles. The lowest BCUT2D eigenvalue weighted by Crippen LogP contribution is -2.40. The molecule has 0 atom stereocenters. The van der Waals surface area contributed by atoms with E-state index in [1.807, 2.05) is 30.3 Å². The molecule has 0 aliphatic carbocycles. The zero-order valence-electron chi connectivity index (χ0n) is 17.4. The van der Waals surface area contributed by atoms with Gasteiger partial charge in [0.15, 0.2) is 5.82 Å². The molecule has 1 amide bonds. The Morgan fingerprint density at radius 2 is 1.87 bits per heavy atom. The van der Waals surface area contributed by atoms with E-state index in [0.29, 0.717) is 6.54 Å². The number of rotatable bonds is 6. The third kappa shape index (κ3) is 5.82. The van der Waals surface area contributed by atoms with Gasteiger partial charge in [0.1, 0.15) is 10.8 Å². The van der Waals surface area contributed by atoms with Gasteiger partial charge >= 0.3 is 0 Å². The van der Waals surface area contributed by atoms with Gasteiger partial charge < -0.3 is 10.2 Å². The van der Waals surface area contributed by atoms with E-state index in [1.54, 1.807) is 6.07 Å². The van der Waals surface area contributed by atoms with Crippen molar-refractivity contribution in [2.75, 3.05) is 18.0 Å². The van der Waals surface area contributed by atoms with Crippen LogP contribution < -0.4 is 10.2 Å². The van der Waals surface area contributed by atoms with Gasteiger partial charge in [-0.05, 0) is 55.7 Å². The molecule has 31 heavy (non-hydrogen) atoms. The highest BCUT2D eigenvalue weighted by Gasteiger charge is 2.25. The van der Waals surface area contributed by atoms with Crippen molar-refractivity contribution >= 4 is 23.5 Å². The van der Waals surface area contributed by atoms with Gasteiger partial charge in [0, 0.05) is 30.4 Å². The Kier molecular flexibility index (Phi) is 6.82. The fraction of sp³-hybridized carbons (Fsp3) is 0.292. The van der Waals surface area contributed by atoms with Crippen LogP contribution >= 0.6 is 11.8 Å². The number of carbonyl (C=O) groups is 1. The number of hydrogen-bond acceptors (Lipinski definition) is 5. The van der Waals surface area contributed by atoms with Crippen LogP contribution in [0.1, 0.15) is 24.0 Å². The molecule has 2 heterocycles. The first-order valence-electron chi connectivity index (χ1n) is 10.4. The van der Waals surface area contributed by atoms with E-state index in [9.17, 15) is 9.18 Å². The first-order chi connectivity index (χ1) is 15.1. The highest BCUT2D eigenvalue weighted by Crippen LogP contribution is 2.28. The molecule has 160 valence electrons. The van der Waals surface area contributed by atoms with Crippen molar-refractivity contribution in [2.45, 2.75) is 36.2 Å². The van der Waals surface area contributed by atoms with Crippen molar-refractivity contribution in [3.63, 3.8) is 0 Å². The monoisotopic (exact) mass is 436 g/mol. The first kappa shape index (κ1) is 21.3. The van der Waals surface area contributed by atoms with Crippen LogP contribution in [0.5, 0.6) is 0 Å². The molecule has 0 spiro atoms. The van der Waals surface area contributed by atoms with Gasteiger partial charge in [0.05, 0.1) is 0 Å². The smallest absolute Gasteiger partial charge is 0.223 e. The number of benzene rings is 2. The number of piperidine rings is 1. The molecule has 0 radical (unpaired) electrons. The summed E-state index contributed by atoms with van der Waals surface area (Å²) in [6.45, 7) is 4.16. The number of aryl methyl sites for hydroxylation is 1. The van der Waals surface area contributed by atoms with Crippen LogP contribution in [-0.2, 0) is 11.3 Å². The Hall–Kier alpha value is -2.93. The maximum Gasteiger partial charge on any atom is 0.223 e. The second kappa shape index (κ2) is 9.92. The predicted octanol–water partition coefficient (Wildman–Crippen LogP) is 4.61. The van der Waals surface area contributed by atoms with E-state index in [-0.39, 0.29) is 17.6 Å². The van der Waals surface area contributed by atoms with Crippen LogP contribution in [0.15, 0.2) is 70.6 Å². The van der Waals surface area contributed by atoms with E-state index in [0.717, 1.165) is 47.2 Å². The third-order valence-electron chi connectivity index (χ3n) is 5.42. The van der Waals surface area contributed by atoms with Gasteiger partial charge in [-0.1, -0.05) is 47.7 Å². The minimum atomic E-state index is -0.264. The summed E-state index contributed by atoms with van der Waals surface area (Å²) in [6, 6.07) is 18.5. The Morgan fingerprint density at radius 1 is 1.10 bits per heavy atom. The number of carbonyl (C=O) groups excluding carboxylic acids is 1. The van der Waals surface area contributed by atoms with Crippen LogP contribution in [0.2, 0.25) is 0 Å². The topological polar surface area (TPSA) is 58.1 Å². The van der Waals surface area contributed by atoms with Gasteiger partial charge in [-0.25, -0.2) is 4.39 Å². The van der Waals surface area contributed by atoms with Crippen molar-refractivity contribution in [3.8, 4) is 0 Å². The predicted molar refractivity (Wildman–Crippen MR) is 121 cm³/mol. The molecule has 1 N–H and O–H groups in total. The Labute approximate surface area is 186 Å². The quantitative estimate of drug-likeness (QED) is 0.612. The van der Waals surface area contributed by atoms with Gasteiger partial charge in [-0.2, -0.15) is 0 Å². The normalized spacial score (nSPS) is 14.5. The molecule has 1 fully saturated rings. The molecule has 1 aromatic heterocycles. The molecule has 1 aliphatic rings. The SMILES string of the molecule is Cc1ccc(CNC(=O)C2CCN(c3ccc(Sc4cccc(F)c4)nn3)CC2)cc1. The summed E-state index contributed by atoms with van der Waals surface area (Å²) in [5, 5.41) is 12.4. The molecule has 1 aliphatic heterocycles. The standard InChI is InChI=1S/C24H25FN4OS/c1-17-5-7-18(8-6-17)16-26-24(30)19-11-13-29(14-12-19)22-9-10-23(28-27-22)31-21-4-2-3-20(25)15-21/h2-10,15,19H,11-14,16H2,1H3,(H,26,30). The molecular weight excluding hydrogens is 411 g/mol. The van der Waals surface area contributed by atoms with Crippen molar-refractivity contribution in [1.29, 1.82) is 0 Å². The second-order valence-electron chi connectivity index (χ2n) is 7.75. The van der Waals surface area contributed by atoms with E-state index in [4.69, 9.17) is 0 Å². The Balaban J connectivity index is 1.26. The van der Waals surface area contributed by atoms with Crippen LogP contribution in [0.3, 0.4) is 0 Å². The Morgan fingerprint density at radius 3 is 2.55 bits per heavy atom. The minimum absolute atomic E-state index is 0.0254. The highest BCUT2D eigenvalue weighted by molar-refractivity contribution is 7.99. The summed E-state index contributed by atoms with van der Waals surface area (Å²) in [5.41, 5.74) is 2.33. The van der Waals surface area contributed by atoms with Crippen LogP contribution in [0.4, 0.5) is 10.2 Å². The van der Waals surface area contributed by atoms with Crippen molar-refractivity contribution < 1.29 is 9.18 Å². The number of nitrogens with zero attached hydrogens (tertiary/aromatic N) is 3. The molecule has 4 rings (SSSR count). The van der Waals surface area contributed by atoms with E-state index < -0.39 is 0 Å². The average molecular weight is 437 g/mol. The van der Waals surface area contributed by atoms with Gasteiger partial charge in [-0.15, -0.1) is 10.2 Å². The molecule has 1 saturated heterocycles. The van der Waals surface area contributed by atoms with Crippen LogP contribution in [0.25, 0.3) is 0 Å². The van der Waals surface area contributed by atoms with E-state index >= 15 is 0 Å². The molecule has 7 heteroatoms. The number of halogens is 1. The van der Waals surface area contributed by atoms with Crippen molar-refractivity contribution in [2.24, 2.45) is 5.92 Å². The summed E-state index contributed by atoms with van der Waals surface area (Å²) in [7, 11) is 0. The zero-order chi connectivity index (χ0) is 21.6. The number of anilines is 1. The van der Waals surface area contributed by atoms with E-state index in [1.165, 1.54) is 29.5 Å². The summed E-state index contributed by atoms with van der Waals surface area (Å²) in [5.74, 6) is 0.688. The molecular formula is C24H25FN4OS. The summed E-state index contributed by atoms with van der Waals surface area (Å²) < 4.78 is 13.3. The fourth-order valence-corrected chi connectivity index (χ4v) is 4.37. The maximum absolute atomic E-state index is 13.3. The number of amides is 1. The van der Waals surface area contributed by atoms with Crippen molar-refractivity contribution in [1.82, 2.24) is 15.5 Å². The van der Waals surface area contributed by atoms with Gasteiger partial charge in [0.2, 0.25) is 5.91 Å². The largest absolute Gasteiger partial charge is 0.355 e. The molecule has 5 nitrogen and oxygen atoms in total. The summed E-state index contributed by atoms with van der Waals surface area (Å²) >= 11 is 1.38. The second-order valence-corrected chi connectivity index (χ2v) is 8.85. The molecule has 2 aromatic carbocycles. The van der Waals surface area contributed by atoms with Crippen LogP contribution in [0, 0.1) is 18.7 Å². The van der Waals surface area contributed by atoms with Crippen LogP contribution in [-0.4, -0.2) is 29.2 Å². The number of nitrogens with one attached hydrogen (secondary N) is 1. The number of hydrogen-bond donors (Lipinski definition) is 1. The minimum Gasteiger partial charge on any atom is -0.355 e. The maximum atomic E-state index is 13.3. The highest BCUT2D eigenvalue weighted by atomic mass is 32.2. The number of aromatic nitrogens is 2. The molecule has 3 aromatic rings. The lowest BCUT2D eigenvalue weighted by atomic mass is 9.96. The van der Waals surface area contributed by atoms with Crippen molar-refractivity contribution in [3.05, 3.63) is 77.6 Å². The molecule has 0 bridgehead atoms. The zero-order valence-corrected chi connectivity index (χ0v) is 18.2. The fourth-order valence-electron chi connectivity index (χ4n) is 3.60. The van der Waals surface area contributed by atoms with Gasteiger partial charge in [0.25, 0.3) is 0 Å². The average Bonchev–Trinajstić information content (AvgIpc) is 2.79. The lowest BCUT2D eigenvalue weighted by molar-refractivity contribution is -0.125. The van der Waals surface area contributed by atoms with Gasteiger partial charge in [-0.3, -0.25) is 4.79 Å². The summed E-state index contributed by atoms with van der Waals surface area (Å²) in [4.78, 5) is 15.5. The van der Waals surface area contributed by atoms with E-state index in [2.05, 4.69) is 39.5 Å². The first-order valence-corrected chi connectivity index (χ1v) is 11.2. The Bertz CT molecular complexity index is 1020. The lowest BCUT2D eigenvalue weighted by Gasteiger charge is -2.31.